The molecular weight excluding hydrogens is 156 g/mol. The maximum absolute atomic E-state index is 9.36. The lowest BCUT2D eigenvalue weighted by atomic mass is 9.81. The highest BCUT2D eigenvalue weighted by Crippen LogP contribution is 2.55. The molecule has 0 unspecified atom stereocenters. The molecule has 3 heteroatoms. The van der Waals surface area contributed by atoms with Gasteiger partial charge in [-0.1, -0.05) is 0 Å². The predicted molar refractivity (Wildman–Crippen MR) is 43.7 cm³/mol. The van der Waals surface area contributed by atoms with E-state index in [2.05, 4.69) is 0 Å². The van der Waals surface area contributed by atoms with Gasteiger partial charge < -0.3 is 14.6 Å². The molecule has 0 spiro atoms. The number of hydrogen-bond acceptors (Lipinski definition) is 3. The first-order valence-electron chi connectivity index (χ1n) is 4.59. The van der Waals surface area contributed by atoms with Gasteiger partial charge in [-0.3, -0.25) is 0 Å². The smallest absolute Gasteiger partial charge is 0.175 e. The van der Waals surface area contributed by atoms with Crippen LogP contribution in [0.15, 0.2) is 0 Å². The van der Waals surface area contributed by atoms with Gasteiger partial charge in [0.2, 0.25) is 0 Å². The summed E-state index contributed by atoms with van der Waals surface area (Å²) in [5, 5.41) is 9.36. The molecule has 0 bridgehead atoms. The zero-order valence-corrected chi connectivity index (χ0v) is 7.51. The topological polar surface area (TPSA) is 38.7 Å². The zero-order chi connectivity index (χ0) is 8.66. The third-order valence-corrected chi connectivity index (χ3v) is 3.52. The molecular formula is C9H16O3. The van der Waals surface area contributed by atoms with E-state index >= 15 is 0 Å². The number of hydrogen-bond donors (Lipinski definition) is 1. The Morgan fingerprint density at radius 1 is 1.42 bits per heavy atom. The second kappa shape index (κ2) is 2.69. The minimum absolute atomic E-state index is 0.0955. The maximum Gasteiger partial charge on any atom is 0.175 e. The maximum atomic E-state index is 9.36. The lowest BCUT2D eigenvalue weighted by Crippen LogP contribution is -2.44. The second-order valence-corrected chi connectivity index (χ2v) is 3.85. The molecule has 2 aliphatic rings. The van der Waals surface area contributed by atoms with Crippen molar-refractivity contribution in [1.29, 1.82) is 0 Å². The molecule has 0 radical (unpaired) electrons. The van der Waals surface area contributed by atoms with Crippen LogP contribution >= 0.6 is 0 Å². The SMILES string of the molecule is CO[C@@]12CCC[C@]1(CO)CCO2. The highest BCUT2D eigenvalue weighted by molar-refractivity contribution is 5.02. The molecule has 1 saturated heterocycles. The van der Waals surface area contributed by atoms with E-state index in [1.54, 1.807) is 7.11 Å². The summed E-state index contributed by atoms with van der Waals surface area (Å²) in [6, 6.07) is 0. The van der Waals surface area contributed by atoms with Crippen LogP contribution in [0, 0.1) is 5.41 Å². The predicted octanol–water partition coefficient (Wildman–Crippen LogP) is 0.912. The fourth-order valence-corrected chi connectivity index (χ4v) is 2.72. The fourth-order valence-electron chi connectivity index (χ4n) is 2.72. The third-order valence-electron chi connectivity index (χ3n) is 3.52. The van der Waals surface area contributed by atoms with Crippen molar-refractivity contribution < 1.29 is 14.6 Å². The molecule has 2 atom stereocenters. The highest BCUT2D eigenvalue weighted by atomic mass is 16.7. The Balaban J connectivity index is 2.29. The molecule has 0 amide bonds. The van der Waals surface area contributed by atoms with Crippen LogP contribution in [0.5, 0.6) is 0 Å². The minimum Gasteiger partial charge on any atom is -0.396 e. The van der Waals surface area contributed by atoms with Gasteiger partial charge in [0.05, 0.1) is 13.2 Å². The molecule has 70 valence electrons. The van der Waals surface area contributed by atoms with Gasteiger partial charge in [-0.2, -0.15) is 0 Å². The summed E-state index contributed by atoms with van der Waals surface area (Å²) in [4.78, 5) is 0. The number of aliphatic hydroxyl groups is 1. The molecule has 1 aliphatic carbocycles. The van der Waals surface area contributed by atoms with Gasteiger partial charge in [0.15, 0.2) is 5.79 Å². The van der Waals surface area contributed by atoms with E-state index in [0.717, 1.165) is 32.3 Å². The van der Waals surface area contributed by atoms with E-state index < -0.39 is 5.79 Å². The van der Waals surface area contributed by atoms with Crippen LogP contribution in [-0.2, 0) is 9.47 Å². The van der Waals surface area contributed by atoms with Gasteiger partial charge in [-0.25, -0.2) is 0 Å². The van der Waals surface area contributed by atoms with Crippen molar-refractivity contribution in [1.82, 2.24) is 0 Å². The van der Waals surface area contributed by atoms with Gasteiger partial charge in [-0.15, -0.1) is 0 Å². The Bertz CT molecular complexity index is 151. The summed E-state index contributed by atoms with van der Waals surface area (Å²) in [5.41, 5.74) is -0.0955. The van der Waals surface area contributed by atoms with E-state index in [9.17, 15) is 5.11 Å². The van der Waals surface area contributed by atoms with Crippen LogP contribution < -0.4 is 0 Å². The fraction of sp³-hybridized carbons (Fsp3) is 1.00. The first kappa shape index (κ1) is 8.48. The number of methoxy groups -OCH3 is 1. The van der Waals surface area contributed by atoms with Crippen LogP contribution in [0.25, 0.3) is 0 Å². The monoisotopic (exact) mass is 172 g/mol. The second-order valence-electron chi connectivity index (χ2n) is 3.85. The molecule has 3 nitrogen and oxygen atoms in total. The van der Waals surface area contributed by atoms with Crippen molar-refractivity contribution >= 4 is 0 Å². The zero-order valence-electron chi connectivity index (χ0n) is 7.51. The molecule has 0 aromatic carbocycles. The normalized spacial score (nSPS) is 46.5. The Labute approximate surface area is 72.7 Å². The van der Waals surface area contributed by atoms with Gasteiger partial charge in [-0.05, 0) is 19.3 Å². The quantitative estimate of drug-likeness (QED) is 0.673. The molecule has 1 saturated carbocycles. The van der Waals surface area contributed by atoms with Crippen LogP contribution in [0.4, 0.5) is 0 Å². The average Bonchev–Trinajstić information content (AvgIpc) is 2.58. The lowest BCUT2D eigenvalue weighted by molar-refractivity contribution is -0.238. The van der Waals surface area contributed by atoms with Crippen LogP contribution in [0.3, 0.4) is 0 Å². The molecule has 2 fully saturated rings. The van der Waals surface area contributed by atoms with E-state index in [4.69, 9.17) is 9.47 Å². The van der Waals surface area contributed by atoms with Crippen LogP contribution in [0.2, 0.25) is 0 Å². The molecule has 12 heavy (non-hydrogen) atoms. The Morgan fingerprint density at radius 3 is 2.83 bits per heavy atom. The Kier molecular flexibility index (Phi) is 1.90. The Morgan fingerprint density at radius 2 is 2.25 bits per heavy atom. The van der Waals surface area contributed by atoms with Crippen LogP contribution in [0.1, 0.15) is 25.7 Å². The Hall–Kier alpha value is -0.120. The van der Waals surface area contributed by atoms with Gasteiger partial charge >= 0.3 is 0 Å². The van der Waals surface area contributed by atoms with Crippen molar-refractivity contribution in [3.05, 3.63) is 0 Å². The van der Waals surface area contributed by atoms with E-state index in [1.165, 1.54) is 0 Å². The largest absolute Gasteiger partial charge is 0.396 e. The summed E-state index contributed by atoms with van der Waals surface area (Å²) >= 11 is 0. The molecule has 1 heterocycles. The van der Waals surface area contributed by atoms with Crippen molar-refractivity contribution in [3.8, 4) is 0 Å². The summed E-state index contributed by atoms with van der Waals surface area (Å²) in [6.07, 6.45) is 4.02. The molecule has 1 N–H and O–H groups in total. The van der Waals surface area contributed by atoms with Crippen LogP contribution in [-0.4, -0.2) is 31.2 Å². The third kappa shape index (κ3) is 0.817. The first-order valence-corrected chi connectivity index (χ1v) is 4.59. The molecule has 0 aromatic heterocycles. The van der Waals surface area contributed by atoms with E-state index in [-0.39, 0.29) is 12.0 Å². The van der Waals surface area contributed by atoms with E-state index in [1.807, 2.05) is 0 Å². The molecule has 1 aliphatic heterocycles. The molecule has 0 aromatic rings. The van der Waals surface area contributed by atoms with Crippen molar-refractivity contribution in [2.45, 2.75) is 31.5 Å². The van der Waals surface area contributed by atoms with E-state index in [0.29, 0.717) is 0 Å². The van der Waals surface area contributed by atoms with Gasteiger partial charge in [0.25, 0.3) is 0 Å². The average molecular weight is 172 g/mol. The number of ether oxygens (including phenoxy) is 2. The first-order chi connectivity index (χ1) is 5.79. The van der Waals surface area contributed by atoms with Crippen molar-refractivity contribution in [2.24, 2.45) is 5.41 Å². The van der Waals surface area contributed by atoms with Crippen molar-refractivity contribution in [3.63, 3.8) is 0 Å². The summed E-state index contributed by atoms with van der Waals surface area (Å²) < 4.78 is 11.1. The number of rotatable bonds is 2. The minimum atomic E-state index is -0.457. The summed E-state index contributed by atoms with van der Waals surface area (Å²) in [6.45, 7) is 0.926. The summed E-state index contributed by atoms with van der Waals surface area (Å²) in [5.74, 6) is -0.457. The highest BCUT2D eigenvalue weighted by Gasteiger charge is 2.59. The number of aliphatic hydroxyl groups excluding tert-OH is 1. The van der Waals surface area contributed by atoms with Gasteiger partial charge in [0.1, 0.15) is 0 Å². The standard InChI is InChI=1S/C9H16O3/c1-11-9-4-2-3-8(9,7-10)5-6-12-9/h10H,2-7H2,1H3/t8-,9-/m1/s1. The van der Waals surface area contributed by atoms with Crippen molar-refractivity contribution in [2.75, 3.05) is 20.3 Å². The molecule has 2 rings (SSSR count). The van der Waals surface area contributed by atoms with Gasteiger partial charge in [0, 0.05) is 18.9 Å². The summed E-state index contributed by atoms with van der Waals surface area (Å²) in [7, 11) is 1.68. The lowest BCUT2D eigenvalue weighted by Gasteiger charge is -2.36. The number of fused-ring (bicyclic) bond motifs is 1.